The topological polar surface area (TPSA) is 9.23 Å². The monoisotopic (exact) mass is 286 g/mol. The third kappa shape index (κ3) is 8.86. The Bertz CT molecular complexity index is 197. The van der Waals surface area contributed by atoms with Gasteiger partial charge in [0.1, 0.15) is 0 Å². The van der Waals surface area contributed by atoms with E-state index in [2.05, 4.69) is 55.4 Å². The third-order valence-electron chi connectivity index (χ3n) is 3.71. The molecule has 0 bridgehead atoms. The van der Waals surface area contributed by atoms with Crippen molar-refractivity contribution >= 4 is 8.32 Å². The summed E-state index contributed by atoms with van der Waals surface area (Å²) in [6.07, 6.45) is 1.23. The van der Waals surface area contributed by atoms with E-state index in [0.29, 0.717) is 5.92 Å². The van der Waals surface area contributed by atoms with Gasteiger partial charge in [-0.2, -0.15) is 0 Å². The minimum atomic E-state index is -1.56. The minimum absolute atomic E-state index is 0.707. The SMILES string of the molecule is CCC(C)CO[Si](CC(C)C)(CC(C)C)CC(C)C. The van der Waals surface area contributed by atoms with Crippen LogP contribution in [0.5, 0.6) is 0 Å². The third-order valence-corrected chi connectivity index (χ3v) is 9.17. The van der Waals surface area contributed by atoms with Gasteiger partial charge >= 0.3 is 0 Å². The molecule has 0 amide bonds. The highest BCUT2D eigenvalue weighted by molar-refractivity contribution is 6.74. The van der Waals surface area contributed by atoms with Crippen molar-refractivity contribution in [2.24, 2.45) is 23.7 Å². The number of hydrogen-bond acceptors (Lipinski definition) is 1. The van der Waals surface area contributed by atoms with E-state index in [4.69, 9.17) is 4.43 Å². The summed E-state index contributed by atoms with van der Waals surface area (Å²) in [6, 6.07) is 4.00. The largest absolute Gasteiger partial charge is 0.417 e. The summed E-state index contributed by atoms with van der Waals surface area (Å²) >= 11 is 0. The van der Waals surface area contributed by atoms with Crippen molar-refractivity contribution in [3.8, 4) is 0 Å². The highest BCUT2D eigenvalue weighted by atomic mass is 28.4. The lowest BCUT2D eigenvalue weighted by atomic mass is 10.1. The van der Waals surface area contributed by atoms with E-state index < -0.39 is 8.32 Å². The second-order valence-electron chi connectivity index (χ2n) is 7.80. The quantitative estimate of drug-likeness (QED) is 0.450. The van der Waals surface area contributed by atoms with Gasteiger partial charge in [0.2, 0.25) is 0 Å². The Morgan fingerprint density at radius 1 is 0.737 bits per heavy atom. The first-order chi connectivity index (χ1) is 8.70. The molecule has 0 heterocycles. The Labute approximate surface area is 123 Å². The van der Waals surface area contributed by atoms with Crippen LogP contribution in [0.2, 0.25) is 18.1 Å². The molecule has 0 aromatic heterocycles. The summed E-state index contributed by atoms with van der Waals surface area (Å²) in [5.74, 6) is 3.00. The van der Waals surface area contributed by atoms with Gasteiger partial charge in [-0.25, -0.2) is 0 Å². The van der Waals surface area contributed by atoms with E-state index in [1.165, 1.54) is 24.6 Å². The van der Waals surface area contributed by atoms with Crippen LogP contribution in [0.4, 0.5) is 0 Å². The van der Waals surface area contributed by atoms with Gasteiger partial charge in [-0.15, -0.1) is 0 Å². The first kappa shape index (κ1) is 19.2. The summed E-state index contributed by atoms with van der Waals surface area (Å²) in [4.78, 5) is 0. The Morgan fingerprint density at radius 3 is 1.37 bits per heavy atom. The average Bonchev–Trinajstić information content (AvgIpc) is 2.22. The van der Waals surface area contributed by atoms with Crippen molar-refractivity contribution in [1.29, 1.82) is 0 Å². The molecule has 2 heteroatoms. The van der Waals surface area contributed by atoms with Crippen molar-refractivity contribution in [1.82, 2.24) is 0 Å². The molecule has 0 aliphatic heterocycles. The molecule has 0 aromatic rings. The van der Waals surface area contributed by atoms with Gasteiger partial charge in [-0.1, -0.05) is 61.8 Å². The zero-order chi connectivity index (χ0) is 15.1. The molecule has 116 valence electrons. The lowest BCUT2D eigenvalue weighted by molar-refractivity contribution is 0.232. The standard InChI is InChI=1S/C17H38OSi/c1-9-17(8)10-18-19(11-14(2)3,12-15(4)5)13-16(6)7/h14-17H,9-13H2,1-8H3. The molecule has 0 aromatic carbocycles. The molecule has 19 heavy (non-hydrogen) atoms. The minimum Gasteiger partial charge on any atom is -0.417 e. The van der Waals surface area contributed by atoms with Crippen LogP contribution in [0, 0.1) is 23.7 Å². The van der Waals surface area contributed by atoms with E-state index >= 15 is 0 Å². The van der Waals surface area contributed by atoms with E-state index in [1.807, 2.05) is 0 Å². The van der Waals surface area contributed by atoms with Crippen LogP contribution < -0.4 is 0 Å². The van der Waals surface area contributed by atoms with Gasteiger partial charge in [0, 0.05) is 6.61 Å². The predicted octanol–water partition coefficient (Wildman–Crippen LogP) is 5.96. The summed E-state index contributed by atoms with van der Waals surface area (Å²) in [5, 5.41) is 0. The van der Waals surface area contributed by atoms with Crippen LogP contribution in [-0.4, -0.2) is 14.9 Å². The molecule has 0 rings (SSSR count). The normalized spacial score (nSPS) is 14.7. The van der Waals surface area contributed by atoms with Gasteiger partial charge in [-0.3, -0.25) is 0 Å². The molecule has 0 aliphatic rings. The molecule has 1 atom stereocenters. The van der Waals surface area contributed by atoms with Gasteiger partial charge in [0.15, 0.2) is 8.32 Å². The zero-order valence-corrected chi connectivity index (χ0v) is 15.8. The molecular weight excluding hydrogens is 248 g/mol. The maximum absolute atomic E-state index is 6.65. The molecule has 0 fully saturated rings. The molecule has 1 nitrogen and oxygen atoms in total. The number of hydrogen-bond donors (Lipinski definition) is 0. The molecule has 0 saturated carbocycles. The lowest BCUT2D eigenvalue weighted by Crippen LogP contribution is -2.43. The van der Waals surface area contributed by atoms with E-state index in [9.17, 15) is 0 Å². The smallest absolute Gasteiger partial charge is 0.193 e. The van der Waals surface area contributed by atoms with Crippen molar-refractivity contribution in [3.63, 3.8) is 0 Å². The summed E-state index contributed by atoms with van der Waals surface area (Å²) < 4.78 is 6.65. The van der Waals surface area contributed by atoms with Crippen LogP contribution in [-0.2, 0) is 4.43 Å². The van der Waals surface area contributed by atoms with Crippen LogP contribution in [0.25, 0.3) is 0 Å². The fourth-order valence-electron chi connectivity index (χ4n) is 3.10. The zero-order valence-electron chi connectivity index (χ0n) is 14.8. The summed E-state index contributed by atoms with van der Waals surface area (Å²) in [7, 11) is -1.56. The van der Waals surface area contributed by atoms with Crippen LogP contribution in [0.1, 0.15) is 61.8 Å². The van der Waals surface area contributed by atoms with Gasteiger partial charge in [-0.05, 0) is 41.8 Å². The molecule has 1 unspecified atom stereocenters. The predicted molar refractivity (Wildman–Crippen MR) is 90.1 cm³/mol. The average molecular weight is 287 g/mol. The van der Waals surface area contributed by atoms with Crippen molar-refractivity contribution in [3.05, 3.63) is 0 Å². The summed E-state index contributed by atoms with van der Waals surface area (Å²) in [6.45, 7) is 19.7. The fraction of sp³-hybridized carbons (Fsp3) is 1.00. The van der Waals surface area contributed by atoms with Crippen molar-refractivity contribution in [2.75, 3.05) is 6.61 Å². The number of rotatable bonds is 10. The highest BCUT2D eigenvalue weighted by Gasteiger charge is 2.37. The van der Waals surface area contributed by atoms with E-state index in [0.717, 1.165) is 24.4 Å². The van der Waals surface area contributed by atoms with Crippen LogP contribution in [0.15, 0.2) is 0 Å². The molecular formula is C17H38OSi. The molecule has 0 radical (unpaired) electrons. The first-order valence-corrected chi connectivity index (χ1v) is 10.9. The maximum atomic E-state index is 6.65. The maximum Gasteiger partial charge on any atom is 0.193 e. The lowest BCUT2D eigenvalue weighted by Gasteiger charge is -2.37. The summed E-state index contributed by atoms with van der Waals surface area (Å²) in [5.41, 5.74) is 0. The fourth-order valence-corrected chi connectivity index (χ4v) is 9.05. The second kappa shape index (κ2) is 9.18. The van der Waals surface area contributed by atoms with Crippen molar-refractivity contribution < 1.29 is 4.43 Å². The van der Waals surface area contributed by atoms with Crippen LogP contribution in [0.3, 0.4) is 0 Å². The Balaban J connectivity index is 4.87. The van der Waals surface area contributed by atoms with Crippen LogP contribution >= 0.6 is 0 Å². The Kier molecular flexibility index (Phi) is 9.26. The van der Waals surface area contributed by atoms with Crippen molar-refractivity contribution in [2.45, 2.75) is 79.9 Å². The molecule has 0 spiro atoms. The molecule has 0 N–H and O–H groups in total. The van der Waals surface area contributed by atoms with Gasteiger partial charge < -0.3 is 4.43 Å². The Hall–Kier alpha value is 0.177. The highest BCUT2D eigenvalue weighted by Crippen LogP contribution is 2.33. The molecule has 0 aliphatic carbocycles. The van der Waals surface area contributed by atoms with Gasteiger partial charge in [0.05, 0.1) is 0 Å². The van der Waals surface area contributed by atoms with E-state index in [-0.39, 0.29) is 0 Å². The first-order valence-electron chi connectivity index (χ1n) is 8.34. The second-order valence-corrected chi connectivity index (χ2v) is 11.7. The Morgan fingerprint density at radius 2 is 1.11 bits per heavy atom. The van der Waals surface area contributed by atoms with E-state index in [1.54, 1.807) is 0 Å². The molecule has 0 saturated heterocycles. The van der Waals surface area contributed by atoms with Gasteiger partial charge in [0.25, 0.3) is 0 Å².